The first-order chi connectivity index (χ1) is 13.6. The van der Waals surface area contributed by atoms with E-state index in [4.69, 9.17) is 28.0 Å². The highest BCUT2D eigenvalue weighted by Crippen LogP contribution is 2.38. The first kappa shape index (κ1) is 25.7. The lowest BCUT2D eigenvalue weighted by Crippen LogP contribution is -2.22. The summed E-state index contributed by atoms with van der Waals surface area (Å²) in [6.45, 7) is 0. The van der Waals surface area contributed by atoms with Crippen molar-refractivity contribution in [2.75, 3.05) is 26.9 Å². The lowest BCUT2D eigenvalue weighted by atomic mass is 10.3. The number of aromatic hydroxyl groups is 1. The summed E-state index contributed by atoms with van der Waals surface area (Å²) in [7, 11) is 1.18. The number of anilines is 1. The number of nitrogens with two attached hydrogens (primary N) is 1. The second-order valence-corrected chi connectivity index (χ2v) is 10.7. The topological polar surface area (TPSA) is 170 Å². The minimum atomic E-state index is -4.17. The molecule has 0 aromatic heterocycles. The molecule has 0 bridgehead atoms. The zero-order valence-corrected chi connectivity index (χ0v) is 18.9. The standard InChI is InChI=1S/C8H12N2O3S.C7H5Cl2NO5S/c1-10(2)14(12,13)7-5-3-4-6(9)8(7)11;1-15-7-5(10(11)12)2-4(8)3-6(7)16(9,13)14/h3-5,11H,9H2,1-2H3;2-3H,1H3. The number of rotatable bonds is 5. The number of nitro benzene ring substituents is 1. The Balaban J connectivity index is 0.000000303. The number of hydrogen-bond donors (Lipinski definition) is 2. The molecule has 0 atom stereocenters. The van der Waals surface area contributed by atoms with Crippen molar-refractivity contribution in [1.29, 1.82) is 0 Å². The molecule has 0 fully saturated rings. The predicted octanol–water partition coefficient (Wildman–Crippen LogP) is 2.41. The van der Waals surface area contributed by atoms with Gasteiger partial charge in [0.2, 0.25) is 15.8 Å². The first-order valence-electron chi connectivity index (χ1n) is 7.61. The van der Waals surface area contributed by atoms with Gasteiger partial charge in [-0.05, 0) is 18.2 Å². The molecule has 0 aliphatic rings. The van der Waals surface area contributed by atoms with Gasteiger partial charge in [0, 0.05) is 35.9 Å². The Morgan fingerprint density at radius 2 is 1.73 bits per heavy atom. The zero-order valence-electron chi connectivity index (χ0n) is 15.7. The first-order valence-corrected chi connectivity index (χ1v) is 11.7. The van der Waals surface area contributed by atoms with Crippen molar-refractivity contribution in [3.8, 4) is 11.5 Å². The molecule has 0 heterocycles. The fourth-order valence-electron chi connectivity index (χ4n) is 2.02. The van der Waals surface area contributed by atoms with Crippen LogP contribution in [0.3, 0.4) is 0 Å². The number of hydrogen-bond acceptors (Lipinski definition) is 9. The third kappa shape index (κ3) is 5.86. The monoisotopic (exact) mass is 501 g/mol. The summed E-state index contributed by atoms with van der Waals surface area (Å²) < 4.78 is 51.2. The fraction of sp³-hybridized carbons (Fsp3) is 0.200. The molecule has 0 saturated carbocycles. The summed E-state index contributed by atoms with van der Waals surface area (Å²) >= 11 is 5.55. The highest BCUT2D eigenvalue weighted by molar-refractivity contribution is 8.13. The van der Waals surface area contributed by atoms with Crippen molar-refractivity contribution in [2.24, 2.45) is 0 Å². The van der Waals surface area contributed by atoms with Crippen LogP contribution in [0.5, 0.6) is 11.5 Å². The molecule has 3 N–H and O–H groups in total. The summed E-state index contributed by atoms with van der Waals surface area (Å²) in [6, 6.07) is 6.18. The highest BCUT2D eigenvalue weighted by atomic mass is 35.7. The molecule has 2 aromatic carbocycles. The van der Waals surface area contributed by atoms with Crippen molar-refractivity contribution in [1.82, 2.24) is 4.31 Å². The van der Waals surface area contributed by atoms with Gasteiger partial charge in [-0.3, -0.25) is 10.1 Å². The third-order valence-corrected chi connectivity index (χ3v) is 6.84. The van der Waals surface area contributed by atoms with Gasteiger partial charge in [-0.2, -0.15) is 0 Å². The third-order valence-electron chi connectivity index (χ3n) is 3.45. The van der Waals surface area contributed by atoms with Crippen LogP contribution >= 0.6 is 22.3 Å². The molecule has 11 nitrogen and oxygen atoms in total. The van der Waals surface area contributed by atoms with Gasteiger partial charge in [0.05, 0.1) is 17.7 Å². The van der Waals surface area contributed by atoms with Crippen molar-refractivity contribution >= 4 is 52.7 Å². The van der Waals surface area contributed by atoms with Crippen LogP contribution in [0.2, 0.25) is 5.02 Å². The summed E-state index contributed by atoms with van der Waals surface area (Å²) in [5.74, 6) is -0.842. The van der Waals surface area contributed by atoms with E-state index in [9.17, 15) is 32.1 Å². The van der Waals surface area contributed by atoms with Crippen LogP contribution in [0.1, 0.15) is 0 Å². The Hall–Kier alpha value is -2.32. The molecule has 0 aliphatic heterocycles. The van der Waals surface area contributed by atoms with Gasteiger partial charge < -0.3 is 15.6 Å². The normalized spacial score (nSPS) is 11.5. The fourth-order valence-corrected chi connectivity index (χ4v) is 4.33. The van der Waals surface area contributed by atoms with Crippen LogP contribution in [0.4, 0.5) is 11.4 Å². The van der Waals surface area contributed by atoms with E-state index in [1.54, 1.807) is 0 Å². The Morgan fingerprint density at radius 1 is 1.17 bits per heavy atom. The van der Waals surface area contributed by atoms with Gasteiger partial charge >= 0.3 is 5.69 Å². The molecule has 0 amide bonds. The molecule has 0 aliphatic carbocycles. The molecule has 0 spiro atoms. The minimum Gasteiger partial charge on any atom is -0.504 e. The van der Waals surface area contributed by atoms with Crippen LogP contribution in [0, 0.1) is 10.1 Å². The molecule has 0 radical (unpaired) electrons. The lowest BCUT2D eigenvalue weighted by molar-refractivity contribution is -0.386. The van der Waals surface area contributed by atoms with E-state index in [1.807, 2.05) is 0 Å². The van der Waals surface area contributed by atoms with Crippen molar-refractivity contribution in [3.63, 3.8) is 0 Å². The van der Waals surface area contributed by atoms with E-state index < -0.39 is 46.1 Å². The number of nitrogen functional groups attached to an aromatic ring is 1. The number of halogens is 2. The van der Waals surface area contributed by atoms with E-state index in [-0.39, 0.29) is 15.6 Å². The maximum absolute atomic E-state index is 11.6. The molecular weight excluding hydrogens is 485 g/mol. The van der Waals surface area contributed by atoms with Gasteiger partial charge in [-0.25, -0.2) is 21.1 Å². The predicted molar refractivity (Wildman–Crippen MR) is 111 cm³/mol. The summed E-state index contributed by atoms with van der Waals surface area (Å²) in [5, 5.41) is 20.0. The molecule has 0 saturated heterocycles. The maximum Gasteiger partial charge on any atom is 0.313 e. The number of phenolic OH excluding ortho intramolecular Hbond substituents is 1. The summed E-state index contributed by atoms with van der Waals surface area (Å²) in [6.07, 6.45) is 0. The second kappa shape index (κ2) is 9.66. The Bertz CT molecular complexity index is 1170. The maximum atomic E-state index is 11.6. The second-order valence-electron chi connectivity index (χ2n) is 5.63. The summed E-state index contributed by atoms with van der Waals surface area (Å²) in [4.78, 5) is 9.12. The largest absolute Gasteiger partial charge is 0.504 e. The molecule has 0 unspecified atom stereocenters. The SMILES string of the molecule is CN(C)S(=O)(=O)c1cccc(N)c1O.COc1c([N+](=O)[O-])cc(Cl)cc1S(=O)(=O)Cl. The van der Waals surface area contributed by atoms with Gasteiger partial charge in [0.25, 0.3) is 9.05 Å². The number of nitro groups is 1. The molecule has 2 aromatic rings. The lowest BCUT2D eigenvalue weighted by Gasteiger charge is -2.13. The molecular formula is C15H17Cl2N3O8S2. The van der Waals surface area contributed by atoms with E-state index in [0.29, 0.717) is 0 Å². The highest BCUT2D eigenvalue weighted by Gasteiger charge is 2.27. The van der Waals surface area contributed by atoms with Crippen LogP contribution in [-0.2, 0) is 19.1 Å². The average Bonchev–Trinajstić information content (AvgIpc) is 2.62. The van der Waals surface area contributed by atoms with Crippen molar-refractivity contribution < 1.29 is 31.6 Å². The van der Waals surface area contributed by atoms with Gasteiger partial charge in [0.1, 0.15) is 9.79 Å². The quantitative estimate of drug-likeness (QED) is 0.205. The van der Waals surface area contributed by atoms with Crippen LogP contribution in [0.25, 0.3) is 0 Å². The van der Waals surface area contributed by atoms with Crippen LogP contribution in [0.15, 0.2) is 40.1 Å². The van der Waals surface area contributed by atoms with Crippen molar-refractivity contribution in [2.45, 2.75) is 9.79 Å². The zero-order chi connectivity index (χ0) is 23.4. The van der Waals surface area contributed by atoms with E-state index >= 15 is 0 Å². The number of phenols is 1. The minimum absolute atomic E-state index is 0.0490. The Morgan fingerprint density at radius 3 is 2.17 bits per heavy atom. The Kier molecular flexibility index (Phi) is 8.28. The van der Waals surface area contributed by atoms with Crippen molar-refractivity contribution in [3.05, 3.63) is 45.5 Å². The molecule has 30 heavy (non-hydrogen) atoms. The number of sulfonamides is 1. The number of ether oxygens (including phenoxy) is 1. The van der Waals surface area contributed by atoms with Gasteiger partial charge in [-0.1, -0.05) is 17.7 Å². The smallest absolute Gasteiger partial charge is 0.313 e. The number of nitrogens with zero attached hydrogens (tertiary/aromatic N) is 2. The van der Waals surface area contributed by atoms with E-state index in [1.165, 1.54) is 32.3 Å². The number of benzene rings is 2. The molecule has 166 valence electrons. The van der Waals surface area contributed by atoms with Gasteiger partial charge in [-0.15, -0.1) is 0 Å². The Labute approximate surface area is 182 Å². The van der Waals surface area contributed by atoms with E-state index in [2.05, 4.69) is 4.74 Å². The number of methoxy groups -OCH3 is 1. The van der Waals surface area contributed by atoms with E-state index in [0.717, 1.165) is 23.5 Å². The molecule has 15 heteroatoms. The van der Waals surface area contributed by atoms with Crippen LogP contribution < -0.4 is 10.5 Å². The van der Waals surface area contributed by atoms with Crippen LogP contribution in [-0.4, -0.2) is 52.4 Å². The van der Waals surface area contributed by atoms with Gasteiger partial charge in [0.15, 0.2) is 5.75 Å². The number of para-hydroxylation sites is 1. The molecule has 2 rings (SSSR count). The summed E-state index contributed by atoms with van der Waals surface area (Å²) in [5.41, 5.74) is 4.87. The average molecular weight is 502 g/mol.